The molecular weight excluding hydrogens is 332 g/mol. The molecule has 1 saturated heterocycles. The van der Waals surface area contributed by atoms with Crippen molar-refractivity contribution in [2.45, 2.75) is 31.8 Å². The van der Waals surface area contributed by atoms with Crippen LogP contribution in [0, 0.1) is 0 Å². The molecule has 0 unspecified atom stereocenters. The van der Waals surface area contributed by atoms with Gasteiger partial charge in [0.1, 0.15) is 5.71 Å². The Kier molecular flexibility index (Phi) is 4.80. The van der Waals surface area contributed by atoms with Crippen LogP contribution in [0.4, 0.5) is 0 Å². The summed E-state index contributed by atoms with van der Waals surface area (Å²) in [6.45, 7) is 0.845. The van der Waals surface area contributed by atoms with Gasteiger partial charge in [-0.15, -0.1) is 0 Å². The van der Waals surface area contributed by atoms with Crippen LogP contribution in [0.25, 0.3) is 0 Å². The second-order valence-corrected chi connectivity index (χ2v) is 6.24. The number of nitrogens with one attached hydrogen (secondary N) is 2. The number of likely N-dealkylation sites (tertiary alicyclic amines) is 1. The third-order valence-corrected chi connectivity index (χ3v) is 4.40. The van der Waals surface area contributed by atoms with Gasteiger partial charge < -0.3 is 10.2 Å². The molecule has 2 N–H and O–H groups in total. The van der Waals surface area contributed by atoms with Crippen molar-refractivity contribution in [3.05, 3.63) is 34.9 Å². The maximum atomic E-state index is 12.1. The molecule has 0 bridgehead atoms. The van der Waals surface area contributed by atoms with Crippen molar-refractivity contribution in [2.24, 2.45) is 5.10 Å². The smallest absolute Gasteiger partial charge is 0.267 e. The number of hydrogen-bond donors (Lipinski definition) is 2. The van der Waals surface area contributed by atoms with Gasteiger partial charge in [-0.2, -0.15) is 5.10 Å². The molecule has 24 heavy (non-hydrogen) atoms. The summed E-state index contributed by atoms with van der Waals surface area (Å²) in [7, 11) is 0. The van der Waals surface area contributed by atoms with E-state index in [4.69, 9.17) is 11.6 Å². The number of carbonyl (C=O) groups excluding carboxylic acids is 3. The fourth-order valence-electron chi connectivity index (χ4n) is 2.76. The molecule has 3 rings (SSSR count). The number of rotatable bonds is 4. The van der Waals surface area contributed by atoms with Crippen LogP contribution in [0.1, 0.15) is 24.8 Å². The highest BCUT2D eigenvalue weighted by molar-refractivity contribution is 6.39. The Labute approximate surface area is 144 Å². The minimum Gasteiger partial charge on any atom is -0.346 e. The van der Waals surface area contributed by atoms with Gasteiger partial charge in [-0.1, -0.05) is 29.8 Å². The third kappa shape index (κ3) is 3.73. The highest BCUT2D eigenvalue weighted by atomic mass is 35.5. The van der Waals surface area contributed by atoms with Crippen molar-refractivity contribution >= 4 is 35.0 Å². The van der Waals surface area contributed by atoms with E-state index in [0.717, 1.165) is 5.56 Å². The summed E-state index contributed by atoms with van der Waals surface area (Å²) < 4.78 is 0. The Bertz CT molecular complexity index is 719. The summed E-state index contributed by atoms with van der Waals surface area (Å²) in [5.74, 6) is -0.569. The van der Waals surface area contributed by atoms with E-state index < -0.39 is 0 Å². The molecule has 0 saturated carbocycles. The summed E-state index contributed by atoms with van der Waals surface area (Å²) in [5.41, 5.74) is 3.45. The molecule has 8 heteroatoms. The zero-order valence-corrected chi connectivity index (χ0v) is 13.7. The minimum atomic E-state index is -0.340. The average Bonchev–Trinajstić information content (AvgIpc) is 2.89. The van der Waals surface area contributed by atoms with E-state index in [0.29, 0.717) is 24.5 Å². The van der Waals surface area contributed by atoms with E-state index in [2.05, 4.69) is 15.8 Å². The number of nitrogens with zero attached hydrogens (tertiary/aromatic N) is 2. The van der Waals surface area contributed by atoms with Crippen molar-refractivity contribution in [1.82, 2.24) is 15.6 Å². The van der Waals surface area contributed by atoms with Gasteiger partial charge in [0, 0.05) is 37.4 Å². The SMILES string of the molecule is O=C1CCC(C(=O)N[C@H]2CC(=O)N(Cc3ccccc3Cl)C2)=NN1. The first-order chi connectivity index (χ1) is 11.5. The first kappa shape index (κ1) is 16.4. The predicted molar refractivity (Wildman–Crippen MR) is 88.2 cm³/mol. The van der Waals surface area contributed by atoms with Gasteiger partial charge in [0.25, 0.3) is 5.91 Å². The van der Waals surface area contributed by atoms with Crippen LogP contribution in [0.2, 0.25) is 5.02 Å². The Hall–Kier alpha value is -2.41. The molecular formula is C16H17ClN4O3. The van der Waals surface area contributed by atoms with E-state index in [1.165, 1.54) is 0 Å². The van der Waals surface area contributed by atoms with Crippen LogP contribution < -0.4 is 10.7 Å². The van der Waals surface area contributed by atoms with Gasteiger partial charge in [-0.25, -0.2) is 5.43 Å². The zero-order valence-electron chi connectivity index (χ0n) is 12.9. The van der Waals surface area contributed by atoms with E-state index in [1.807, 2.05) is 18.2 Å². The lowest BCUT2D eigenvalue weighted by Crippen LogP contribution is -2.43. The highest BCUT2D eigenvalue weighted by Crippen LogP contribution is 2.20. The summed E-state index contributed by atoms with van der Waals surface area (Å²) in [4.78, 5) is 37.0. The Morgan fingerprint density at radius 3 is 2.83 bits per heavy atom. The second-order valence-electron chi connectivity index (χ2n) is 5.83. The van der Waals surface area contributed by atoms with Gasteiger partial charge >= 0.3 is 0 Å². The summed E-state index contributed by atoms with van der Waals surface area (Å²) in [5, 5.41) is 7.18. The molecule has 1 atom stereocenters. The molecule has 2 heterocycles. The lowest BCUT2D eigenvalue weighted by atomic mass is 10.1. The number of carbonyl (C=O) groups is 3. The number of halogens is 1. The molecule has 0 radical (unpaired) electrons. The second kappa shape index (κ2) is 7.00. The molecule has 0 aliphatic carbocycles. The van der Waals surface area contributed by atoms with Crippen LogP contribution in [0.3, 0.4) is 0 Å². The Balaban J connectivity index is 1.58. The van der Waals surface area contributed by atoms with Gasteiger partial charge in [0.2, 0.25) is 11.8 Å². The van der Waals surface area contributed by atoms with Crippen molar-refractivity contribution in [3.8, 4) is 0 Å². The molecule has 1 aromatic rings. The largest absolute Gasteiger partial charge is 0.346 e. The van der Waals surface area contributed by atoms with E-state index in [-0.39, 0.29) is 42.3 Å². The molecule has 1 aromatic carbocycles. The van der Waals surface area contributed by atoms with E-state index >= 15 is 0 Å². The van der Waals surface area contributed by atoms with Crippen molar-refractivity contribution in [3.63, 3.8) is 0 Å². The molecule has 0 aromatic heterocycles. The van der Waals surface area contributed by atoms with Crippen LogP contribution >= 0.6 is 11.6 Å². The Morgan fingerprint density at radius 2 is 2.12 bits per heavy atom. The van der Waals surface area contributed by atoms with Crippen LogP contribution in [0.5, 0.6) is 0 Å². The standard InChI is InChI=1S/C16H17ClN4O3/c17-12-4-2-1-3-10(12)8-21-9-11(7-15(21)23)18-16(24)13-5-6-14(22)20-19-13/h1-4,11H,5-9H2,(H,18,24)(H,20,22)/t11-/m0/s1. The maximum Gasteiger partial charge on any atom is 0.267 e. The van der Waals surface area contributed by atoms with E-state index in [1.54, 1.807) is 11.0 Å². The summed E-state index contributed by atoms with van der Waals surface area (Å²) >= 11 is 6.13. The first-order valence-corrected chi connectivity index (χ1v) is 8.08. The normalized spacial score (nSPS) is 20.6. The summed E-state index contributed by atoms with van der Waals surface area (Å²) in [6, 6.07) is 7.10. The lowest BCUT2D eigenvalue weighted by Gasteiger charge is -2.18. The fraction of sp³-hybridized carbons (Fsp3) is 0.375. The quantitative estimate of drug-likeness (QED) is 0.844. The molecule has 3 amide bonds. The molecule has 1 fully saturated rings. The molecule has 126 valence electrons. The average molecular weight is 349 g/mol. The third-order valence-electron chi connectivity index (χ3n) is 4.04. The maximum absolute atomic E-state index is 12.1. The predicted octanol–water partition coefficient (Wildman–Crippen LogP) is 0.823. The zero-order chi connectivity index (χ0) is 17.1. The first-order valence-electron chi connectivity index (χ1n) is 7.70. The van der Waals surface area contributed by atoms with Crippen molar-refractivity contribution < 1.29 is 14.4 Å². The number of hydrazone groups is 1. The van der Waals surface area contributed by atoms with Gasteiger partial charge in [-0.3, -0.25) is 14.4 Å². The molecule has 7 nitrogen and oxygen atoms in total. The highest BCUT2D eigenvalue weighted by Gasteiger charge is 2.32. The number of amides is 3. The van der Waals surface area contributed by atoms with Crippen molar-refractivity contribution in [2.75, 3.05) is 6.54 Å². The number of hydrogen-bond acceptors (Lipinski definition) is 4. The van der Waals surface area contributed by atoms with Crippen LogP contribution in [0.15, 0.2) is 29.4 Å². The lowest BCUT2D eigenvalue weighted by molar-refractivity contribution is -0.128. The van der Waals surface area contributed by atoms with Crippen LogP contribution in [-0.2, 0) is 20.9 Å². The van der Waals surface area contributed by atoms with Gasteiger partial charge in [0.15, 0.2) is 0 Å². The van der Waals surface area contributed by atoms with Crippen LogP contribution in [-0.4, -0.2) is 40.9 Å². The molecule has 2 aliphatic heterocycles. The van der Waals surface area contributed by atoms with Gasteiger partial charge in [-0.05, 0) is 11.6 Å². The van der Waals surface area contributed by atoms with Crippen molar-refractivity contribution in [1.29, 1.82) is 0 Å². The minimum absolute atomic E-state index is 0.0286. The monoisotopic (exact) mass is 348 g/mol. The molecule has 0 spiro atoms. The molecule has 2 aliphatic rings. The topological polar surface area (TPSA) is 90.9 Å². The van der Waals surface area contributed by atoms with Gasteiger partial charge in [0.05, 0.1) is 6.04 Å². The fourth-order valence-corrected chi connectivity index (χ4v) is 2.96. The number of benzene rings is 1. The Morgan fingerprint density at radius 1 is 1.33 bits per heavy atom. The van der Waals surface area contributed by atoms with E-state index in [9.17, 15) is 14.4 Å². The summed E-state index contributed by atoms with van der Waals surface area (Å²) in [6.07, 6.45) is 0.798.